The SMILES string of the molecule is COCCCN(CC(=O)N1CCc2sccc2C1c1ccc(Cl)cc1Cl)S(=O)(=O)c1cccc2cccnc12. The van der Waals surface area contributed by atoms with E-state index in [1.165, 1.54) is 15.2 Å². The van der Waals surface area contributed by atoms with Gasteiger partial charge >= 0.3 is 0 Å². The maximum atomic E-state index is 14.0. The summed E-state index contributed by atoms with van der Waals surface area (Å²) >= 11 is 14.4. The molecule has 0 aliphatic carbocycles. The first kappa shape index (κ1) is 28.0. The van der Waals surface area contributed by atoms with E-state index in [0.717, 1.165) is 11.1 Å². The lowest BCUT2D eigenvalue weighted by molar-refractivity contribution is -0.133. The molecule has 0 spiro atoms. The molecule has 4 aromatic rings. The Morgan fingerprint density at radius 3 is 2.77 bits per heavy atom. The van der Waals surface area contributed by atoms with Crippen LogP contribution in [0.1, 0.15) is 28.5 Å². The van der Waals surface area contributed by atoms with Gasteiger partial charge in [-0.1, -0.05) is 47.5 Å². The van der Waals surface area contributed by atoms with E-state index in [2.05, 4.69) is 4.98 Å². The number of fused-ring (bicyclic) bond motifs is 2. The number of ether oxygens (including phenoxy) is 1. The average molecular weight is 605 g/mol. The number of hydrogen-bond acceptors (Lipinski definition) is 6. The summed E-state index contributed by atoms with van der Waals surface area (Å²) in [6, 6.07) is 15.4. The molecule has 2 aromatic carbocycles. The minimum atomic E-state index is -4.06. The Morgan fingerprint density at radius 1 is 1.15 bits per heavy atom. The Balaban J connectivity index is 1.51. The number of amides is 1. The second kappa shape index (κ2) is 11.9. The molecule has 5 rings (SSSR count). The van der Waals surface area contributed by atoms with Gasteiger partial charge in [-0.15, -0.1) is 11.3 Å². The first-order chi connectivity index (χ1) is 18.8. The summed E-state index contributed by atoms with van der Waals surface area (Å²) in [4.78, 5) is 21.3. The molecule has 0 N–H and O–H groups in total. The fraction of sp³-hybridized carbons (Fsp3) is 0.286. The van der Waals surface area contributed by atoms with E-state index in [-0.39, 0.29) is 23.9 Å². The molecule has 1 unspecified atom stereocenters. The van der Waals surface area contributed by atoms with Gasteiger partial charge in [0, 0.05) is 53.3 Å². The summed E-state index contributed by atoms with van der Waals surface area (Å²) in [5.74, 6) is -0.308. The molecule has 0 saturated carbocycles. The molecule has 0 bridgehead atoms. The number of rotatable bonds is 9. The number of carbonyl (C=O) groups excluding carboxylic acids is 1. The van der Waals surface area contributed by atoms with Crippen molar-refractivity contribution in [3.8, 4) is 0 Å². The Bertz CT molecular complexity index is 1600. The Kier molecular flexibility index (Phi) is 8.56. The molecule has 39 heavy (non-hydrogen) atoms. The van der Waals surface area contributed by atoms with E-state index in [1.807, 2.05) is 29.6 Å². The third kappa shape index (κ3) is 5.70. The van der Waals surface area contributed by atoms with Gasteiger partial charge in [0.25, 0.3) is 0 Å². The van der Waals surface area contributed by atoms with Gasteiger partial charge in [-0.2, -0.15) is 4.31 Å². The molecule has 0 radical (unpaired) electrons. The average Bonchev–Trinajstić information content (AvgIpc) is 3.41. The molecule has 3 heterocycles. The topological polar surface area (TPSA) is 79.8 Å². The van der Waals surface area contributed by atoms with Crippen LogP contribution in [0.5, 0.6) is 0 Å². The van der Waals surface area contributed by atoms with Crippen molar-refractivity contribution in [2.75, 3.05) is 33.4 Å². The summed E-state index contributed by atoms with van der Waals surface area (Å²) in [5, 5.41) is 3.67. The van der Waals surface area contributed by atoms with Crippen LogP contribution in [0.4, 0.5) is 0 Å². The molecular formula is C28H27Cl2N3O4S2. The lowest BCUT2D eigenvalue weighted by Gasteiger charge is -2.38. The zero-order chi connectivity index (χ0) is 27.6. The summed E-state index contributed by atoms with van der Waals surface area (Å²) in [6.07, 6.45) is 2.68. The van der Waals surface area contributed by atoms with Gasteiger partial charge in [-0.3, -0.25) is 9.78 Å². The highest BCUT2D eigenvalue weighted by molar-refractivity contribution is 7.89. The van der Waals surface area contributed by atoms with Crippen LogP contribution in [0, 0.1) is 0 Å². The van der Waals surface area contributed by atoms with Crippen LogP contribution in [0.15, 0.2) is 71.1 Å². The molecule has 204 valence electrons. The highest BCUT2D eigenvalue weighted by Gasteiger charge is 2.37. The van der Waals surface area contributed by atoms with E-state index in [1.54, 1.807) is 53.8 Å². The molecule has 1 aliphatic heterocycles. The fourth-order valence-corrected chi connectivity index (χ4v) is 7.99. The number of sulfonamides is 1. The number of methoxy groups -OCH3 is 1. The quantitative estimate of drug-likeness (QED) is 0.226. The number of halogens is 2. The number of para-hydroxylation sites is 1. The molecule has 0 fully saturated rings. The van der Waals surface area contributed by atoms with E-state index < -0.39 is 16.1 Å². The normalized spacial score (nSPS) is 15.6. The number of thiophene rings is 1. The molecule has 1 amide bonds. The second-order valence-corrected chi connectivity index (χ2v) is 13.0. The second-order valence-electron chi connectivity index (χ2n) is 9.22. The zero-order valence-corrected chi connectivity index (χ0v) is 24.4. The first-order valence-electron chi connectivity index (χ1n) is 12.4. The van der Waals surface area contributed by atoms with Crippen molar-refractivity contribution in [1.29, 1.82) is 0 Å². The zero-order valence-electron chi connectivity index (χ0n) is 21.2. The highest BCUT2D eigenvalue weighted by atomic mass is 35.5. The molecule has 1 aliphatic rings. The number of carbonyl (C=O) groups is 1. The molecular weight excluding hydrogens is 577 g/mol. The number of aromatic nitrogens is 1. The maximum absolute atomic E-state index is 14.0. The summed E-state index contributed by atoms with van der Waals surface area (Å²) in [6.45, 7) is 0.599. The predicted octanol–water partition coefficient (Wildman–Crippen LogP) is 5.80. The van der Waals surface area contributed by atoms with Crippen LogP contribution < -0.4 is 0 Å². The van der Waals surface area contributed by atoms with Crippen LogP contribution in [0.3, 0.4) is 0 Å². The Morgan fingerprint density at radius 2 is 1.97 bits per heavy atom. The van der Waals surface area contributed by atoms with Crippen LogP contribution in [0.2, 0.25) is 10.0 Å². The molecule has 11 heteroatoms. The van der Waals surface area contributed by atoms with Crippen LogP contribution in [-0.2, 0) is 26.0 Å². The lowest BCUT2D eigenvalue weighted by Crippen LogP contribution is -2.47. The van der Waals surface area contributed by atoms with Crippen LogP contribution in [-0.4, -0.2) is 61.9 Å². The van der Waals surface area contributed by atoms with E-state index >= 15 is 0 Å². The Labute approximate surface area is 242 Å². The minimum Gasteiger partial charge on any atom is -0.385 e. The number of hydrogen-bond donors (Lipinski definition) is 0. The monoisotopic (exact) mass is 603 g/mol. The minimum absolute atomic E-state index is 0.0712. The van der Waals surface area contributed by atoms with Gasteiger partial charge in [-0.25, -0.2) is 8.42 Å². The highest BCUT2D eigenvalue weighted by Crippen LogP contribution is 2.41. The van der Waals surface area contributed by atoms with Crippen molar-refractivity contribution in [3.63, 3.8) is 0 Å². The fourth-order valence-electron chi connectivity index (χ4n) is 4.98. The van der Waals surface area contributed by atoms with Crippen molar-refractivity contribution in [2.24, 2.45) is 0 Å². The predicted molar refractivity (Wildman–Crippen MR) is 155 cm³/mol. The molecule has 2 aromatic heterocycles. The van der Waals surface area contributed by atoms with E-state index in [4.69, 9.17) is 27.9 Å². The number of pyridine rings is 1. The lowest BCUT2D eigenvalue weighted by atomic mass is 9.93. The van der Waals surface area contributed by atoms with Crippen molar-refractivity contribution in [2.45, 2.75) is 23.8 Å². The van der Waals surface area contributed by atoms with Crippen molar-refractivity contribution >= 4 is 61.4 Å². The summed E-state index contributed by atoms with van der Waals surface area (Å²) in [7, 11) is -2.50. The summed E-state index contributed by atoms with van der Waals surface area (Å²) in [5.41, 5.74) is 2.12. The maximum Gasteiger partial charge on any atom is 0.245 e. The largest absolute Gasteiger partial charge is 0.385 e. The molecule has 1 atom stereocenters. The van der Waals surface area contributed by atoms with Gasteiger partial charge in [0.15, 0.2) is 0 Å². The van der Waals surface area contributed by atoms with E-state index in [9.17, 15) is 13.2 Å². The van der Waals surface area contributed by atoms with Gasteiger partial charge in [0.2, 0.25) is 15.9 Å². The standard InChI is InChI=1S/C28H27Cl2N3O4S2/c1-37-15-4-13-32(39(35,36)25-7-2-5-19-6-3-12-31-27(19)25)18-26(34)33-14-10-24-22(11-16-38-24)28(33)21-9-8-20(29)17-23(21)30/h2-3,5-9,11-12,16-17,28H,4,10,13-15,18H2,1H3. The third-order valence-electron chi connectivity index (χ3n) is 6.82. The molecule has 0 saturated heterocycles. The van der Waals surface area contributed by atoms with Gasteiger partial charge < -0.3 is 9.64 Å². The van der Waals surface area contributed by atoms with E-state index in [0.29, 0.717) is 46.9 Å². The van der Waals surface area contributed by atoms with Gasteiger partial charge in [0.1, 0.15) is 4.90 Å². The van der Waals surface area contributed by atoms with Crippen LogP contribution >= 0.6 is 34.5 Å². The third-order valence-corrected chi connectivity index (χ3v) is 10.3. The number of nitrogens with zero attached hydrogens (tertiary/aromatic N) is 3. The van der Waals surface area contributed by atoms with Crippen molar-refractivity contribution in [1.82, 2.24) is 14.2 Å². The number of benzene rings is 2. The van der Waals surface area contributed by atoms with Gasteiger partial charge in [0.05, 0.1) is 18.1 Å². The van der Waals surface area contributed by atoms with Crippen LogP contribution in [0.25, 0.3) is 10.9 Å². The van der Waals surface area contributed by atoms with Gasteiger partial charge in [-0.05, 0) is 59.7 Å². The van der Waals surface area contributed by atoms with Crippen molar-refractivity contribution < 1.29 is 17.9 Å². The Hall–Kier alpha value is -2.53. The first-order valence-corrected chi connectivity index (χ1v) is 15.5. The van der Waals surface area contributed by atoms with Crippen molar-refractivity contribution in [3.05, 3.63) is 92.2 Å². The molecule has 7 nitrogen and oxygen atoms in total. The smallest absolute Gasteiger partial charge is 0.245 e. The summed E-state index contributed by atoms with van der Waals surface area (Å²) < 4.78 is 34.4.